The van der Waals surface area contributed by atoms with E-state index < -0.39 is 68.5 Å². The molecule has 4 aliphatic rings. The van der Waals surface area contributed by atoms with Crippen LogP contribution in [0.15, 0.2) is 73.1 Å². The van der Waals surface area contributed by atoms with Gasteiger partial charge in [-0.3, -0.25) is 28.9 Å². The van der Waals surface area contributed by atoms with Gasteiger partial charge in [0, 0.05) is 18.5 Å². The number of carbonyl (C=O) groups excluding carboxylic acids is 4. The number of fused-ring (bicyclic) bond motifs is 4. The predicted octanol–water partition coefficient (Wildman–Crippen LogP) is 4.16. The molecule has 5 heterocycles. The number of rotatable bonds is 8. The number of amides is 4. The number of benzene rings is 2. The summed E-state index contributed by atoms with van der Waals surface area (Å²) in [4.78, 5) is 81.2. The van der Waals surface area contributed by atoms with Crippen molar-refractivity contribution in [3.63, 3.8) is 0 Å². The van der Waals surface area contributed by atoms with Crippen LogP contribution >= 0.6 is 11.3 Å². The van der Waals surface area contributed by atoms with E-state index >= 15 is 0 Å². The van der Waals surface area contributed by atoms with Gasteiger partial charge in [-0.05, 0) is 69.7 Å². The minimum absolute atomic E-state index is 0.00591. The molecule has 310 valence electrons. The molecule has 3 fully saturated rings. The van der Waals surface area contributed by atoms with Crippen molar-refractivity contribution in [1.82, 2.24) is 45.2 Å². The maximum atomic E-state index is 14.8. The maximum absolute atomic E-state index is 14.8. The van der Waals surface area contributed by atoms with Crippen molar-refractivity contribution in [2.24, 2.45) is 5.92 Å². The largest absolute Gasteiger partial charge is 0.471 e. The Morgan fingerprint density at radius 3 is 2.45 bits per heavy atom. The van der Waals surface area contributed by atoms with E-state index in [2.05, 4.69) is 25.3 Å². The molecule has 3 N–H and O–H groups in total. The number of hydrogen-bond acceptors (Lipinski definition) is 13. The Kier molecular flexibility index (Phi) is 10.5. The van der Waals surface area contributed by atoms with E-state index in [9.17, 15) is 27.6 Å². The second-order valence-electron chi connectivity index (χ2n) is 15.9. The van der Waals surface area contributed by atoms with Crippen molar-refractivity contribution in [3.8, 4) is 16.6 Å². The quantitative estimate of drug-likeness (QED) is 0.188. The highest BCUT2D eigenvalue weighted by Crippen LogP contribution is 2.46. The summed E-state index contributed by atoms with van der Waals surface area (Å²) in [6, 6.07) is 12.9. The Morgan fingerprint density at radius 1 is 0.933 bits per heavy atom. The second-order valence-corrected chi connectivity index (χ2v) is 18.9. The highest BCUT2D eigenvalue weighted by atomic mass is 32.2. The van der Waals surface area contributed by atoms with Gasteiger partial charge in [-0.1, -0.05) is 49.3 Å². The minimum Gasteiger partial charge on any atom is -0.471 e. The molecule has 18 heteroatoms. The highest BCUT2D eigenvalue weighted by Gasteiger charge is 2.62. The van der Waals surface area contributed by atoms with Crippen molar-refractivity contribution in [2.75, 3.05) is 6.54 Å². The molecule has 2 aliphatic heterocycles. The lowest BCUT2D eigenvalue weighted by molar-refractivity contribution is -0.141. The molecule has 2 aliphatic carbocycles. The van der Waals surface area contributed by atoms with E-state index in [1.165, 1.54) is 28.6 Å². The van der Waals surface area contributed by atoms with E-state index in [0.717, 1.165) is 23.1 Å². The zero-order valence-electron chi connectivity index (χ0n) is 32.7. The summed E-state index contributed by atoms with van der Waals surface area (Å²) in [7, 11) is -3.92. The number of ether oxygens (including phenoxy) is 1. The summed E-state index contributed by atoms with van der Waals surface area (Å²) in [5.41, 5.74) is 1.52. The summed E-state index contributed by atoms with van der Waals surface area (Å²) in [6.07, 6.45) is 10.0. The Hall–Kier alpha value is -5.88. The first kappa shape index (κ1) is 39.6. The van der Waals surface area contributed by atoms with Crippen molar-refractivity contribution in [3.05, 3.63) is 84.5 Å². The van der Waals surface area contributed by atoms with Gasteiger partial charge in [-0.25, -0.2) is 28.4 Å². The number of allylic oxidation sites excluding steroid dienone is 1. The van der Waals surface area contributed by atoms with Gasteiger partial charge in [-0.15, -0.1) is 11.3 Å². The Bertz CT molecular complexity index is 2620. The van der Waals surface area contributed by atoms with Gasteiger partial charge in [-0.2, -0.15) is 0 Å². The molecule has 9 rings (SSSR count). The molecule has 0 spiro atoms. The van der Waals surface area contributed by atoms with Gasteiger partial charge < -0.3 is 20.3 Å². The van der Waals surface area contributed by atoms with Gasteiger partial charge in [0.1, 0.15) is 34.4 Å². The molecular formula is C42H43N9O7S2. The van der Waals surface area contributed by atoms with E-state index in [1.54, 1.807) is 6.92 Å². The number of carbonyl (C=O) groups is 4. The second kappa shape index (κ2) is 15.9. The van der Waals surface area contributed by atoms with E-state index in [1.807, 2.05) is 60.7 Å². The van der Waals surface area contributed by atoms with Crippen LogP contribution in [0, 0.1) is 12.8 Å². The third kappa shape index (κ3) is 8.04. The third-order valence-corrected chi connectivity index (χ3v) is 14.3. The minimum atomic E-state index is -3.92. The van der Waals surface area contributed by atoms with Crippen molar-refractivity contribution < 1.29 is 32.3 Å². The normalized spacial score (nSPS) is 24.8. The maximum Gasteiger partial charge on any atom is 0.272 e. The summed E-state index contributed by atoms with van der Waals surface area (Å²) in [5.74, 6) is -2.84. The van der Waals surface area contributed by atoms with E-state index in [0.29, 0.717) is 53.1 Å². The molecule has 5 aromatic rings. The summed E-state index contributed by atoms with van der Waals surface area (Å²) in [5, 5.41) is 5.69. The number of nitrogens with one attached hydrogen (secondary N) is 3. The number of nitrogens with zero attached hydrogens (tertiary/aromatic N) is 6. The number of thiazole rings is 1. The number of hydrogen-bond donors (Lipinski definition) is 3. The molecule has 60 heavy (non-hydrogen) atoms. The molecule has 5 atom stereocenters. The van der Waals surface area contributed by atoms with Crippen LogP contribution in [0.2, 0.25) is 0 Å². The SMILES string of the molecule is Cc1cnc(C(=O)N[C@H]2CCCCCC=C[C@@H]3C[C@@]3(C(=O)NS(=O)(=O)C3CC3)NC(=O)[C@@H]3C[C@@H](Oc4nc5ccccc5nc4-c4nc5ccccc5s4)CN3C2=O)cn1. The fourth-order valence-corrected chi connectivity index (χ4v) is 10.2. The highest BCUT2D eigenvalue weighted by molar-refractivity contribution is 7.91. The van der Waals surface area contributed by atoms with Crippen LogP contribution in [-0.2, 0) is 24.4 Å². The molecule has 2 aromatic carbocycles. The molecule has 4 amide bonds. The van der Waals surface area contributed by atoms with Gasteiger partial charge in [0.15, 0.2) is 5.69 Å². The van der Waals surface area contributed by atoms with Crippen LogP contribution in [0.4, 0.5) is 0 Å². The van der Waals surface area contributed by atoms with Gasteiger partial charge in [0.2, 0.25) is 27.7 Å². The summed E-state index contributed by atoms with van der Waals surface area (Å²) in [6.45, 7) is 1.68. The molecule has 0 bridgehead atoms. The van der Waals surface area contributed by atoms with E-state index in [4.69, 9.17) is 19.7 Å². The van der Waals surface area contributed by atoms with Crippen LogP contribution in [0.5, 0.6) is 5.88 Å². The van der Waals surface area contributed by atoms with Crippen molar-refractivity contribution >= 4 is 66.2 Å². The number of para-hydroxylation sites is 3. The first-order valence-electron chi connectivity index (χ1n) is 20.2. The Morgan fingerprint density at radius 2 is 1.70 bits per heavy atom. The van der Waals surface area contributed by atoms with Crippen LogP contribution in [0.1, 0.15) is 74.0 Å². The Labute approximate surface area is 349 Å². The van der Waals surface area contributed by atoms with E-state index in [-0.39, 0.29) is 37.4 Å². The topological polar surface area (TPSA) is 215 Å². The average Bonchev–Trinajstić information content (AvgIpc) is 4.13. The zero-order chi connectivity index (χ0) is 41.6. The third-order valence-electron chi connectivity index (χ3n) is 11.5. The smallest absolute Gasteiger partial charge is 0.272 e. The van der Waals surface area contributed by atoms with Crippen LogP contribution < -0.4 is 20.1 Å². The van der Waals surface area contributed by atoms with Crippen molar-refractivity contribution in [1.29, 1.82) is 0 Å². The Balaban J connectivity index is 1.06. The number of sulfonamides is 1. The molecular weight excluding hydrogens is 807 g/mol. The number of aromatic nitrogens is 5. The molecule has 3 aromatic heterocycles. The first-order chi connectivity index (χ1) is 29.0. The molecule has 0 radical (unpaired) electrons. The first-order valence-corrected chi connectivity index (χ1v) is 22.6. The van der Waals surface area contributed by atoms with Crippen molar-refractivity contribution in [2.45, 2.75) is 93.7 Å². The monoisotopic (exact) mass is 849 g/mol. The zero-order valence-corrected chi connectivity index (χ0v) is 34.4. The molecule has 0 unspecified atom stereocenters. The number of aryl methyl sites for hydroxylation is 1. The summed E-state index contributed by atoms with van der Waals surface area (Å²) >= 11 is 1.43. The van der Waals surface area contributed by atoms with Gasteiger partial charge in [0.05, 0.1) is 44.9 Å². The van der Waals surface area contributed by atoms with Crippen LogP contribution in [0.25, 0.3) is 32.0 Å². The van der Waals surface area contributed by atoms with Gasteiger partial charge in [0.25, 0.3) is 11.8 Å². The molecule has 16 nitrogen and oxygen atoms in total. The van der Waals surface area contributed by atoms with Crippen LogP contribution in [0.3, 0.4) is 0 Å². The molecule has 1 saturated heterocycles. The molecule has 2 saturated carbocycles. The lowest BCUT2D eigenvalue weighted by Crippen LogP contribution is -2.58. The lowest BCUT2D eigenvalue weighted by Gasteiger charge is -2.29. The average molecular weight is 850 g/mol. The fourth-order valence-electron chi connectivity index (χ4n) is 7.93. The predicted molar refractivity (Wildman–Crippen MR) is 222 cm³/mol. The summed E-state index contributed by atoms with van der Waals surface area (Å²) < 4.78 is 35.7. The standard InChI is InChI=1S/C42H43N9O7S2/c1-24-21-44-32(22-43-24)36(52)46-31-15-6-4-2-3-5-11-25-20-42(25,41(55)50-60(56,57)27-17-18-27)49-37(53)33-19-26(23-51(33)40(31)54)58-38-35(45-28-12-7-8-13-29(28)47-38)39-48-30-14-9-10-16-34(30)59-39/h5,7-14,16,21-22,25-27,31,33H,2-4,6,15,17-20,23H2,1H3,(H,46,52)(H,49,53)(H,50,55)/t25-,26-,31+,33+,42-/m1/s1. The van der Waals surface area contributed by atoms with Gasteiger partial charge >= 0.3 is 0 Å². The fraction of sp³-hybridized carbons (Fsp3) is 0.405. The van der Waals surface area contributed by atoms with Crippen LogP contribution in [-0.4, -0.2) is 97.4 Å². The lowest BCUT2D eigenvalue weighted by atomic mass is 10.0.